The number of hydrogen-bond donors (Lipinski definition) is 0. The minimum absolute atomic E-state index is 1.10. The Morgan fingerprint density at radius 1 is 0.386 bits per heavy atom. The molecule has 0 atom stereocenters. The molecule has 9 rings (SSSR count). The van der Waals surface area contributed by atoms with Gasteiger partial charge in [-0.3, -0.25) is 0 Å². The van der Waals surface area contributed by atoms with E-state index in [-0.39, 0.29) is 0 Å². The molecule has 0 radical (unpaired) electrons. The molecule has 1 aliphatic carbocycles. The molecular formula is C42H32N2. The van der Waals surface area contributed by atoms with E-state index in [0.717, 1.165) is 12.8 Å². The molecule has 2 aromatic heterocycles. The quantitative estimate of drug-likeness (QED) is 0.201. The van der Waals surface area contributed by atoms with Crippen molar-refractivity contribution in [2.45, 2.75) is 25.7 Å². The van der Waals surface area contributed by atoms with E-state index in [1.807, 2.05) is 0 Å². The van der Waals surface area contributed by atoms with Gasteiger partial charge in [0.25, 0.3) is 0 Å². The maximum Gasteiger partial charge on any atom is 0.0549 e. The van der Waals surface area contributed by atoms with Crippen molar-refractivity contribution in [3.05, 3.63) is 157 Å². The van der Waals surface area contributed by atoms with Gasteiger partial charge < -0.3 is 9.13 Å². The summed E-state index contributed by atoms with van der Waals surface area (Å²) in [5.41, 5.74) is 14.3. The molecule has 0 saturated heterocycles. The SMILES string of the molecule is c1ccc(-c2ccccc2-n2c3c(c4c5c6ccccc6n(-c6ccccc6-c6ccccc6)c5ccc42)CCCC3)cc1. The minimum Gasteiger partial charge on any atom is -0.313 e. The number of benzene rings is 6. The maximum absolute atomic E-state index is 2.59. The zero-order valence-corrected chi connectivity index (χ0v) is 24.6. The van der Waals surface area contributed by atoms with Crippen LogP contribution in [0.3, 0.4) is 0 Å². The summed E-state index contributed by atoms with van der Waals surface area (Å²) in [6.45, 7) is 0. The Kier molecular flexibility index (Phi) is 5.80. The maximum atomic E-state index is 2.59. The second-order valence-corrected chi connectivity index (χ2v) is 11.9. The summed E-state index contributed by atoms with van der Waals surface area (Å²) >= 11 is 0. The molecule has 0 saturated carbocycles. The summed E-state index contributed by atoms with van der Waals surface area (Å²) in [4.78, 5) is 0. The van der Waals surface area contributed by atoms with E-state index in [1.54, 1.807) is 0 Å². The van der Waals surface area contributed by atoms with Crippen LogP contribution >= 0.6 is 0 Å². The van der Waals surface area contributed by atoms with Crippen molar-refractivity contribution in [2.24, 2.45) is 0 Å². The normalized spacial score (nSPS) is 13.1. The van der Waals surface area contributed by atoms with E-state index in [2.05, 4.69) is 155 Å². The molecule has 0 aliphatic heterocycles. The van der Waals surface area contributed by atoms with Crippen molar-refractivity contribution in [3.63, 3.8) is 0 Å². The average molecular weight is 565 g/mol. The average Bonchev–Trinajstić information content (AvgIpc) is 3.62. The Hall–Kier alpha value is -5.34. The predicted octanol–water partition coefficient (Wildman–Crippen LogP) is 10.9. The number of rotatable bonds is 4. The van der Waals surface area contributed by atoms with E-state index < -0.39 is 0 Å². The second-order valence-electron chi connectivity index (χ2n) is 11.9. The first-order chi connectivity index (χ1) is 21.9. The third-order valence-corrected chi connectivity index (χ3v) is 9.53. The van der Waals surface area contributed by atoms with Gasteiger partial charge in [0.15, 0.2) is 0 Å². The van der Waals surface area contributed by atoms with Gasteiger partial charge in [-0.25, -0.2) is 0 Å². The van der Waals surface area contributed by atoms with Crippen LogP contribution in [0, 0.1) is 0 Å². The molecule has 2 heterocycles. The van der Waals surface area contributed by atoms with Crippen LogP contribution in [0.15, 0.2) is 146 Å². The fraction of sp³-hybridized carbons (Fsp3) is 0.0952. The lowest BCUT2D eigenvalue weighted by molar-refractivity contribution is 0.667. The molecule has 1 aliphatic rings. The molecule has 2 nitrogen and oxygen atoms in total. The molecule has 6 aromatic carbocycles. The Bertz CT molecular complexity index is 2320. The highest BCUT2D eigenvalue weighted by molar-refractivity contribution is 6.22. The Morgan fingerprint density at radius 3 is 1.59 bits per heavy atom. The highest BCUT2D eigenvalue weighted by atomic mass is 15.0. The molecule has 2 heteroatoms. The first-order valence-corrected chi connectivity index (χ1v) is 15.8. The predicted molar refractivity (Wildman–Crippen MR) is 185 cm³/mol. The van der Waals surface area contributed by atoms with Crippen LogP contribution in [0.5, 0.6) is 0 Å². The molecular weight excluding hydrogens is 532 g/mol. The summed E-state index contributed by atoms with van der Waals surface area (Å²) in [7, 11) is 0. The van der Waals surface area contributed by atoms with Crippen LogP contribution in [0.4, 0.5) is 0 Å². The molecule has 0 N–H and O–H groups in total. The molecule has 0 bridgehead atoms. The zero-order valence-electron chi connectivity index (χ0n) is 24.6. The van der Waals surface area contributed by atoms with Gasteiger partial charge in [-0.15, -0.1) is 0 Å². The van der Waals surface area contributed by atoms with Gasteiger partial charge in [0.2, 0.25) is 0 Å². The third-order valence-electron chi connectivity index (χ3n) is 9.53. The van der Waals surface area contributed by atoms with Gasteiger partial charge in [0.05, 0.1) is 27.9 Å². The van der Waals surface area contributed by atoms with E-state index >= 15 is 0 Å². The molecule has 0 spiro atoms. The largest absolute Gasteiger partial charge is 0.313 e. The van der Waals surface area contributed by atoms with E-state index in [1.165, 1.54) is 90.4 Å². The van der Waals surface area contributed by atoms with Crippen LogP contribution in [-0.4, -0.2) is 9.13 Å². The van der Waals surface area contributed by atoms with Crippen LogP contribution in [0.1, 0.15) is 24.1 Å². The van der Waals surface area contributed by atoms with Gasteiger partial charge in [0.1, 0.15) is 0 Å². The fourth-order valence-corrected chi connectivity index (χ4v) is 7.69. The van der Waals surface area contributed by atoms with Crippen LogP contribution < -0.4 is 0 Å². The van der Waals surface area contributed by atoms with Crippen molar-refractivity contribution < 1.29 is 0 Å². The van der Waals surface area contributed by atoms with Gasteiger partial charge in [-0.1, -0.05) is 115 Å². The van der Waals surface area contributed by atoms with E-state index in [0.29, 0.717) is 0 Å². The molecule has 44 heavy (non-hydrogen) atoms. The minimum atomic E-state index is 1.10. The summed E-state index contributed by atoms with van der Waals surface area (Å²) in [5, 5.41) is 4.11. The van der Waals surface area contributed by atoms with E-state index in [4.69, 9.17) is 0 Å². The van der Waals surface area contributed by atoms with Gasteiger partial charge in [0, 0.05) is 33.0 Å². The van der Waals surface area contributed by atoms with Crippen molar-refractivity contribution in [1.29, 1.82) is 0 Å². The number of aryl methyl sites for hydroxylation is 1. The van der Waals surface area contributed by atoms with Crippen LogP contribution in [-0.2, 0) is 12.8 Å². The van der Waals surface area contributed by atoms with Gasteiger partial charge in [-0.05, 0) is 72.7 Å². The van der Waals surface area contributed by atoms with Crippen molar-refractivity contribution >= 4 is 32.7 Å². The topological polar surface area (TPSA) is 9.86 Å². The molecule has 0 amide bonds. The summed E-state index contributed by atoms with van der Waals surface area (Å²) < 4.78 is 5.09. The number of para-hydroxylation sites is 3. The standard InChI is InChI=1S/C42H32N2/c1-3-15-29(16-4-1)31-19-7-11-23-35(31)43-37-25-13-9-21-33(37)41-39(43)27-28-40-42(41)34-22-10-14-26-38(34)44(40)36-24-12-8-20-32(36)30-17-5-2-6-18-30/h1-9,11-13,15-21,23-25,27-28H,10,14,22,26H2. The molecule has 8 aromatic rings. The molecule has 0 fully saturated rings. The summed E-state index contributed by atoms with van der Waals surface area (Å²) in [6, 6.07) is 53.1. The smallest absolute Gasteiger partial charge is 0.0549 e. The number of hydrogen-bond acceptors (Lipinski definition) is 0. The van der Waals surface area contributed by atoms with E-state index in [9.17, 15) is 0 Å². The first-order valence-electron chi connectivity index (χ1n) is 15.8. The van der Waals surface area contributed by atoms with Gasteiger partial charge >= 0.3 is 0 Å². The van der Waals surface area contributed by atoms with Crippen molar-refractivity contribution in [1.82, 2.24) is 9.13 Å². The Balaban J connectivity index is 1.40. The third kappa shape index (κ3) is 3.74. The highest BCUT2D eigenvalue weighted by Gasteiger charge is 2.26. The van der Waals surface area contributed by atoms with Crippen molar-refractivity contribution in [2.75, 3.05) is 0 Å². The molecule has 210 valence electrons. The second kappa shape index (κ2) is 10.1. The van der Waals surface area contributed by atoms with Crippen molar-refractivity contribution in [3.8, 4) is 33.6 Å². The highest BCUT2D eigenvalue weighted by Crippen LogP contribution is 2.45. The lowest BCUT2D eigenvalue weighted by Gasteiger charge is -2.19. The van der Waals surface area contributed by atoms with Crippen LogP contribution in [0.25, 0.3) is 66.3 Å². The number of fused-ring (bicyclic) bond motifs is 7. The lowest BCUT2D eigenvalue weighted by Crippen LogP contribution is -2.07. The lowest BCUT2D eigenvalue weighted by atomic mass is 9.93. The monoisotopic (exact) mass is 564 g/mol. The number of aromatic nitrogens is 2. The number of nitrogens with zero attached hydrogens (tertiary/aromatic N) is 2. The molecule has 0 unspecified atom stereocenters. The first kappa shape index (κ1) is 25.2. The van der Waals surface area contributed by atoms with Gasteiger partial charge in [-0.2, -0.15) is 0 Å². The Labute approximate surface area is 257 Å². The van der Waals surface area contributed by atoms with Crippen LogP contribution in [0.2, 0.25) is 0 Å². The fourth-order valence-electron chi connectivity index (χ4n) is 7.69. The summed E-state index contributed by atoms with van der Waals surface area (Å²) in [6.07, 6.45) is 4.68. The Morgan fingerprint density at radius 2 is 0.909 bits per heavy atom. The summed E-state index contributed by atoms with van der Waals surface area (Å²) in [5.74, 6) is 0. The zero-order chi connectivity index (χ0) is 29.0.